The predicted octanol–water partition coefficient (Wildman–Crippen LogP) is 1.26. The van der Waals surface area contributed by atoms with E-state index in [0.29, 0.717) is 24.1 Å². The molecule has 0 fully saturated rings. The minimum atomic E-state index is -0.259. The summed E-state index contributed by atoms with van der Waals surface area (Å²) in [4.78, 5) is 17.7. The van der Waals surface area contributed by atoms with Crippen LogP contribution in [0.15, 0.2) is 22.2 Å². The molecular formula is C10H16N2O3S. The van der Waals surface area contributed by atoms with E-state index in [-0.39, 0.29) is 11.8 Å². The third-order valence-corrected chi connectivity index (χ3v) is 2.63. The number of nitrogens with one attached hydrogen (secondary N) is 1. The second kappa shape index (κ2) is 7.43. The Balaban J connectivity index is 2.44. The van der Waals surface area contributed by atoms with Gasteiger partial charge in [0.25, 0.3) is 5.56 Å². The largest absolute Gasteiger partial charge is 0.352 e. The first-order valence-corrected chi connectivity index (χ1v) is 6.16. The van der Waals surface area contributed by atoms with Gasteiger partial charge in [0.05, 0.1) is 5.75 Å². The van der Waals surface area contributed by atoms with Crippen LogP contribution < -0.4 is 5.56 Å². The van der Waals surface area contributed by atoms with Crippen LogP contribution in [0.5, 0.6) is 0 Å². The van der Waals surface area contributed by atoms with Crippen molar-refractivity contribution in [2.75, 3.05) is 19.0 Å². The molecule has 0 amide bonds. The van der Waals surface area contributed by atoms with Crippen LogP contribution in [0.2, 0.25) is 0 Å². The van der Waals surface area contributed by atoms with Crippen LogP contribution in [0.25, 0.3) is 0 Å². The Bertz CT molecular complexity index is 350. The summed E-state index contributed by atoms with van der Waals surface area (Å²) >= 11 is 1.41. The summed E-state index contributed by atoms with van der Waals surface area (Å²) in [6.45, 7) is 5.03. The Morgan fingerprint density at radius 1 is 1.44 bits per heavy atom. The lowest BCUT2D eigenvalue weighted by atomic mass is 10.7. The Kier molecular flexibility index (Phi) is 6.14. The van der Waals surface area contributed by atoms with E-state index in [1.165, 1.54) is 24.0 Å². The number of nitrogens with zero attached hydrogens (tertiary/aromatic N) is 1. The van der Waals surface area contributed by atoms with E-state index in [2.05, 4.69) is 9.97 Å². The molecule has 0 atom stereocenters. The molecule has 90 valence electrons. The molecule has 0 aliphatic carbocycles. The molecule has 0 spiro atoms. The Morgan fingerprint density at radius 2 is 2.12 bits per heavy atom. The number of H-pyrrole nitrogens is 1. The molecule has 1 heterocycles. The van der Waals surface area contributed by atoms with Gasteiger partial charge in [-0.1, -0.05) is 11.8 Å². The lowest BCUT2D eigenvalue weighted by Crippen LogP contribution is -2.20. The fourth-order valence-electron chi connectivity index (χ4n) is 1.09. The number of hydrogen-bond acceptors (Lipinski definition) is 5. The van der Waals surface area contributed by atoms with Gasteiger partial charge in [0.15, 0.2) is 11.4 Å². The maximum Gasteiger partial charge on any atom is 0.251 e. The normalized spacial score (nSPS) is 10.9. The summed E-state index contributed by atoms with van der Waals surface area (Å²) in [5.41, 5.74) is -0.151. The van der Waals surface area contributed by atoms with Gasteiger partial charge in [-0.15, -0.1) is 0 Å². The van der Waals surface area contributed by atoms with Gasteiger partial charge in [-0.3, -0.25) is 4.79 Å². The third-order valence-electron chi connectivity index (χ3n) is 1.71. The van der Waals surface area contributed by atoms with Crippen LogP contribution in [-0.2, 0) is 9.47 Å². The zero-order chi connectivity index (χ0) is 11.8. The van der Waals surface area contributed by atoms with Crippen molar-refractivity contribution in [1.29, 1.82) is 0 Å². The predicted molar refractivity (Wildman–Crippen MR) is 62.6 cm³/mol. The molecule has 0 saturated heterocycles. The third kappa shape index (κ3) is 4.78. The van der Waals surface area contributed by atoms with Gasteiger partial charge in [-0.2, -0.15) is 0 Å². The maximum absolute atomic E-state index is 11.0. The minimum Gasteiger partial charge on any atom is -0.352 e. The van der Waals surface area contributed by atoms with Gasteiger partial charge in [-0.25, -0.2) is 4.98 Å². The first-order valence-electron chi connectivity index (χ1n) is 5.17. The van der Waals surface area contributed by atoms with Gasteiger partial charge < -0.3 is 14.5 Å². The topological polar surface area (TPSA) is 64.2 Å². The molecule has 0 radical (unpaired) electrons. The SMILES string of the molecule is CCOC(CSc1nccc(=O)[nH]1)OCC. The lowest BCUT2D eigenvalue weighted by molar-refractivity contribution is -0.120. The van der Waals surface area contributed by atoms with Crippen molar-refractivity contribution in [3.05, 3.63) is 22.6 Å². The Morgan fingerprint density at radius 3 is 2.69 bits per heavy atom. The quantitative estimate of drug-likeness (QED) is 0.444. The van der Waals surface area contributed by atoms with E-state index >= 15 is 0 Å². The number of rotatable bonds is 7. The summed E-state index contributed by atoms with van der Waals surface area (Å²) in [5, 5.41) is 0.580. The smallest absolute Gasteiger partial charge is 0.251 e. The number of aromatic amines is 1. The van der Waals surface area contributed by atoms with E-state index in [4.69, 9.17) is 9.47 Å². The van der Waals surface area contributed by atoms with Gasteiger partial charge in [0, 0.05) is 25.5 Å². The fourth-order valence-corrected chi connectivity index (χ4v) is 1.88. The zero-order valence-electron chi connectivity index (χ0n) is 9.43. The summed E-state index contributed by atoms with van der Waals surface area (Å²) in [6, 6.07) is 1.38. The van der Waals surface area contributed by atoms with Crippen molar-refractivity contribution >= 4 is 11.8 Å². The summed E-state index contributed by atoms with van der Waals surface area (Å²) in [5.74, 6) is 0.606. The second-order valence-corrected chi connectivity index (χ2v) is 3.90. The first kappa shape index (κ1) is 13.2. The highest BCUT2D eigenvalue weighted by Crippen LogP contribution is 2.13. The monoisotopic (exact) mass is 244 g/mol. The standard InChI is InChI=1S/C10H16N2O3S/c1-3-14-9(15-4-2)7-16-10-11-6-5-8(13)12-10/h5-6,9H,3-4,7H2,1-2H3,(H,11,12,13). The highest BCUT2D eigenvalue weighted by molar-refractivity contribution is 7.99. The molecule has 0 aliphatic heterocycles. The van der Waals surface area contributed by atoms with Crippen LogP contribution >= 0.6 is 11.8 Å². The first-order chi connectivity index (χ1) is 7.76. The molecule has 6 heteroatoms. The van der Waals surface area contributed by atoms with E-state index in [0.717, 1.165) is 0 Å². The van der Waals surface area contributed by atoms with E-state index < -0.39 is 0 Å². The molecule has 0 unspecified atom stereocenters. The molecule has 1 N–H and O–H groups in total. The molecule has 1 aromatic rings. The van der Waals surface area contributed by atoms with E-state index in [9.17, 15) is 4.79 Å². The highest BCUT2D eigenvalue weighted by Gasteiger charge is 2.09. The molecule has 0 bridgehead atoms. The van der Waals surface area contributed by atoms with Crippen LogP contribution in [-0.4, -0.2) is 35.2 Å². The van der Waals surface area contributed by atoms with Crippen LogP contribution in [0.4, 0.5) is 0 Å². The van der Waals surface area contributed by atoms with E-state index in [1.54, 1.807) is 0 Å². The fraction of sp³-hybridized carbons (Fsp3) is 0.600. The molecular weight excluding hydrogens is 228 g/mol. The van der Waals surface area contributed by atoms with Gasteiger partial charge in [-0.05, 0) is 13.8 Å². The highest BCUT2D eigenvalue weighted by atomic mass is 32.2. The number of ether oxygens (including phenoxy) is 2. The van der Waals surface area contributed by atoms with Gasteiger partial charge >= 0.3 is 0 Å². The second-order valence-electron chi connectivity index (χ2n) is 2.89. The van der Waals surface area contributed by atoms with Crippen molar-refractivity contribution in [2.45, 2.75) is 25.3 Å². The van der Waals surface area contributed by atoms with Crippen molar-refractivity contribution < 1.29 is 9.47 Å². The number of thioether (sulfide) groups is 1. The summed E-state index contributed by atoms with van der Waals surface area (Å²) in [7, 11) is 0. The zero-order valence-corrected chi connectivity index (χ0v) is 10.3. The molecule has 5 nitrogen and oxygen atoms in total. The van der Waals surface area contributed by atoms with Gasteiger partial charge in [0.2, 0.25) is 0 Å². The maximum atomic E-state index is 11.0. The van der Waals surface area contributed by atoms with Crippen LogP contribution in [0.1, 0.15) is 13.8 Å². The van der Waals surface area contributed by atoms with Crippen LogP contribution in [0.3, 0.4) is 0 Å². The van der Waals surface area contributed by atoms with Crippen LogP contribution in [0, 0.1) is 0 Å². The lowest BCUT2D eigenvalue weighted by Gasteiger charge is -2.15. The Labute approximate surface area is 98.6 Å². The molecule has 0 aliphatic rings. The average molecular weight is 244 g/mol. The van der Waals surface area contributed by atoms with Gasteiger partial charge in [0.1, 0.15) is 0 Å². The molecule has 16 heavy (non-hydrogen) atoms. The molecule has 0 saturated carbocycles. The molecule has 1 rings (SSSR count). The van der Waals surface area contributed by atoms with Crippen molar-refractivity contribution in [2.24, 2.45) is 0 Å². The average Bonchev–Trinajstić information content (AvgIpc) is 2.27. The molecule has 0 aromatic carbocycles. The Hall–Kier alpha value is -0.850. The van der Waals surface area contributed by atoms with Crippen molar-refractivity contribution in [3.63, 3.8) is 0 Å². The van der Waals surface area contributed by atoms with E-state index in [1.807, 2.05) is 13.8 Å². The molecule has 1 aromatic heterocycles. The summed E-state index contributed by atoms with van der Waals surface area (Å²) in [6.07, 6.45) is 1.22. The van der Waals surface area contributed by atoms with Crippen molar-refractivity contribution in [3.8, 4) is 0 Å². The number of hydrogen-bond donors (Lipinski definition) is 1. The van der Waals surface area contributed by atoms with Crippen molar-refractivity contribution in [1.82, 2.24) is 9.97 Å². The minimum absolute atomic E-state index is 0.151. The summed E-state index contributed by atoms with van der Waals surface area (Å²) < 4.78 is 10.7. The number of aromatic nitrogens is 2.